The Kier molecular flexibility index (Phi) is 4.80. The molecule has 0 bridgehead atoms. The molecular formula is C17H22ClN5O. The Bertz CT molecular complexity index is 677. The van der Waals surface area contributed by atoms with Crippen LogP contribution in [-0.4, -0.2) is 65.3 Å². The van der Waals surface area contributed by atoms with Crippen molar-refractivity contribution in [1.82, 2.24) is 25.3 Å². The molecule has 24 heavy (non-hydrogen) atoms. The molecule has 3 heterocycles. The number of piperazine rings is 1. The van der Waals surface area contributed by atoms with Crippen molar-refractivity contribution < 1.29 is 4.52 Å². The van der Waals surface area contributed by atoms with Gasteiger partial charge in [-0.1, -0.05) is 28.9 Å². The summed E-state index contributed by atoms with van der Waals surface area (Å²) in [5.74, 6) is 1.27. The first-order valence-corrected chi connectivity index (χ1v) is 8.91. The zero-order chi connectivity index (χ0) is 16.4. The molecule has 6 nitrogen and oxygen atoms in total. The van der Waals surface area contributed by atoms with E-state index in [0.717, 1.165) is 44.8 Å². The van der Waals surface area contributed by atoms with Crippen LogP contribution in [0, 0.1) is 0 Å². The Morgan fingerprint density at radius 2 is 2.12 bits per heavy atom. The van der Waals surface area contributed by atoms with Gasteiger partial charge in [0.2, 0.25) is 11.7 Å². The molecule has 1 aromatic carbocycles. The van der Waals surface area contributed by atoms with Crippen LogP contribution in [0.5, 0.6) is 0 Å². The van der Waals surface area contributed by atoms with Gasteiger partial charge in [-0.25, -0.2) is 0 Å². The summed E-state index contributed by atoms with van der Waals surface area (Å²) >= 11 is 6.02. The summed E-state index contributed by atoms with van der Waals surface area (Å²) in [5, 5.41) is 8.20. The SMILES string of the molecule is Clc1cccc(-c2noc(CN3CCN(C4CCNC4)CC3)n2)c1. The lowest BCUT2D eigenvalue weighted by Crippen LogP contribution is -2.50. The van der Waals surface area contributed by atoms with Crippen LogP contribution >= 0.6 is 11.6 Å². The van der Waals surface area contributed by atoms with Crippen LogP contribution in [0.4, 0.5) is 0 Å². The fraction of sp³-hybridized carbons (Fsp3) is 0.529. The topological polar surface area (TPSA) is 57.4 Å². The van der Waals surface area contributed by atoms with Gasteiger partial charge in [0.25, 0.3) is 0 Å². The Balaban J connectivity index is 1.33. The maximum absolute atomic E-state index is 6.02. The summed E-state index contributed by atoms with van der Waals surface area (Å²) in [5.41, 5.74) is 0.885. The normalized spacial score (nSPS) is 23.0. The Labute approximate surface area is 146 Å². The van der Waals surface area contributed by atoms with E-state index in [1.165, 1.54) is 6.42 Å². The molecule has 1 N–H and O–H groups in total. The Hall–Kier alpha value is -1.47. The monoisotopic (exact) mass is 347 g/mol. The lowest BCUT2D eigenvalue weighted by molar-refractivity contribution is 0.0908. The van der Waals surface area contributed by atoms with Crippen LogP contribution in [0.25, 0.3) is 11.4 Å². The highest BCUT2D eigenvalue weighted by molar-refractivity contribution is 6.30. The first-order valence-electron chi connectivity index (χ1n) is 8.53. The summed E-state index contributed by atoms with van der Waals surface area (Å²) in [6.07, 6.45) is 1.27. The molecule has 2 aromatic rings. The van der Waals surface area contributed by atoms with Gasteiger partial charge in [0.1, 0.15) is 0 Å². The third-order valence-electron chi connectivity index (χ3n) is 4.87. The molecular weight excluding hydrogens is 326 g/mol. The first kappa shape index (κ1) is 16.0. The van der Waals surface area contributed by atoms with Gasteiger partial charge in [-0.15, -0.1) is 0 Å². The molecule has 1 aromatic heterocycles. The van der Waals surface area contributed by atoms with E-state index in [-0.39, 0.29) is 0 Å². The summed E-state index contributed by atoms with van der Waals surface area (Å²) in [7, 11) is 0. The van der Waals surface area contributed by atoms with Gasteiger partial charge in [0, 0.05) is 49.4 Å². The maximum atomic E-state index is 6.02. The summed E-state index contributed by atoms with van der Waals surface area (Å²) in [6.45, 7) is 7.32. The van der Waals surface area contributed by atoms with Gasteiger partial charge < -0.3 is 9.84 Å². The second-order valence-electron chi connectivity index (χ2n) is 6.48. The van der Waals surface area contributed by atoms with Gasteiger partial charge in [0.05, 0.1) is 6.54 Å². The average Bonchev–Trinajstić information content (AvgIpc) is 3.27. The number of hydrogen-bond donors (Lipinski definition) is 1. The molecule has 2 saturated heterocycles. The van der Waals surface area contributed by atoms with E-state index in [1.54, 1.807) is 0 Å². The van der Waals surface area contributed by atoms with Crippen molar-refractivity contribution in [3.8, 4) is 11.4 Å². The van der Waals surface area contributed by atoms with Gasteiger partial charge >= 0.3 is 0 Å². The van der Waals surface area contributed by atoms with Crippen molar-refractivity contribution in [1.29, 1.82) is 0 Å². The third-order valence-corrected chi connectivity index (χ3v) is 5.10. The predicted octanol–water partition coefficient (Wildman–Crippen LogP) is 1.87. The van der Waals surface area contributed by atoms with Crippen molar-refractivity contribution in [3.63, 3.8) is 0 Å². The van der Waals surface area contributed by atoms with Gasteiger partial charge in [-0.05, 0) is 25.1 Å². The number of hydrogen-bond acceptors (Lipinski definition) is 6. The number of aromatic nitrogens is 2. The zero-order valence-electron chi connectivity index (χ0n) is 13.6. The van der Waals surface area contributed by atoms with Gasteiger partial charge in [-0.3, -0.25) is 9.80 Å². The molecule has 7 heteroatoms. The molecule has 0 spiro atoms. The third kappa shape index (κ3) is 3.62. The van der Waals surface area contributed by atoms with Crippen LogP contribution < -0.4 is 5.32 Å². The van der Waals surface area contributed by atoms with E-state index < -0.39 is 0 Å². The van der Waals surface area contributed by atoms with Gasteiger partial charge in [0.15, 0.2) is 0 Å². The number of nitrogens with zero attached hydrogens (tertiary/aromatic N) is 4. The van der Waals surface area contributed by atoms with Crippen LogP contribution in [0.2, 0.25) is 5.02 Å². The molecule has 1 atom stereocenters. The second-order valence-corrected chi connectivity index (χ2v) is 6.92. The molecule has 1 unspecified atom stereocenters. The number of halogens is 1. The fourth-order valence-electron chi connectivity index (χ4n) is 3.49. The van der Waals surface area contributed by atoms with Crippen molar-refractivity contribution in [2.75, 3.05) is 39.3 Å². The highest BCUT2D eigenvalue weighted by atomic mass is 35.5. The van der Waals surface area contributed by atoms with Gasteiger partial charge in [-0.2, -0.15) is 4.98 Å². The van der Waals surface area contributed by atoms with E-state index in [1.807, 2.05) is 24.3 Å². The van der Waals surface area contributed by atoms with Crippen LogP contribution in [0.1, 0.15) is 12.3 Å². The van der Waals surface area contributed by atoms with Crippen molar-refractivity contribution in [2.45, 2.75) is 19.0 Å². The van der Waals surface area contributed by atoms with Crippen LogP contribution in [0.3, 0.4) is 0 Å². The smallest absolute Gasteiger partial charge is 0.241 e. The zero-order valence-corrected chi connectivity index (χ0v) is 14.4. The minimum Gasteiger partial charge on any atom is -0.338 e. The Morgan fingerprint density at radius 1 is 1.25 bits per heavy atom. The number of nitrogens with one attached hydrogen (secondary N) is 1. The summed E-state index contributed by atoms with van der Waals surface area (Å²) in [6, 6.07) is 8.24. The van der Waals surface area contributed by atoms with E-state index in [2.05, 4.69) is 25.3 Å². The van der Waals surface area contributed by atoms with Crippen molar-refractivity contribution in [3.05, 3.63) is 35.2 Å². The Morgan fingerprint density at radius 3 is 2.88 bits per heavy atom. The molecule has 2 fully saturated rings. The highest BCUT2D eigenvalue weighted by Gasteiger charge is 2.26. The highest BCUT2D eigenvalue weighted by Crippen LogP contribution is 2.20. The minimum absolute atomic E-state index is 0.600. The molecule has 2 aliphatic rings. The van der Waals surface area contributed by atoms with Crippen LogP contribution in [-0.2, 0) is 6.54 Å². The lowest BCUT2D eigenvalue weighted by atomic mass is 10.2. The standard InChI is InChI=1S/C17H22ClN5O/c18-14-3-1-2-13(10-14)17-20-16(24-21-17)12-22-6-8-23(9-7-22)15-4-5-19-11-15/h1-3,10,15,19H,4-9,11-12H2. The molecule has 0 saturated carbocycles. The summed E-state index contributed by atoms with van der Waals surface area (Å²) < 4.78 is 5.42. The van der Waals surface area contributed by atoms with E-state index in [9.17, 15) is 0 Å². The molecule has 0 amide bonds. The number of benzene rings is 1. The van der Waals surface area contributed by atoms with E-state index in [4.69, 9.17) is 16.1 Å². The second kappa shape index (κ2) is 7.19. The first-order chi connectivity index (χ1) is 11.8. The molecule has 4 rings (SSSR count). The molecule has 0 radical (unpaired) electrons. The average molecular weight is 348 g/mol. The summed E-state index contributed by atoms with van der Waals surface area (Å²) in [4.78, 5) is 9.49. The quantitative estimate of drug-likeness (QED) is 0.911. The predicted molar refractivity (Wildman–Crippen MR) is 92.9 cm³/mol. The number of rotatable bonds is 4. The fourth-order valence-corrected chi connectivity index (χ4v) is 3.68. The minimum atomic E-state index is 0.600. The lowest BCUT2D eigenvalue weighted by Gasteiger charge is -2.37. The molecule has 2 aliphatic heterocycles. The molecule has 128 valence electrons. The van der Waals surface area contributed by atoms with Crippen molar-refractivity contribution >= 4 is 11.6 Å². The van der Waals surface area contributed by atoms with E-state index in [0.29, 0.717) is 29.3 Å². The molecule has 0 aliphatic carbocycles. The largest absolute Gasteiger partial charge is 0.338 e. The van der Waals surface area contributed by atoms with Crippen LogP contribution in [0.15, 0.2) is 28.8 Å². The maximum Gasteiger partial charge on any atom is 0.241 e. The van der Waals surface area contributed by atoms with Crippen molar-refractivity contribution in [2.24, 2.45) is 0 Å². The van der Waals surface area contributed by atoms with E-state index >= 15 is 0 Å².